The summed E-state index contributed by atoms with van der Waals surface area (Å²) in [5.74, 6) is 0. The van der Waals surface area contributed by atoms with E-state index in [1.807, 2.05) is 67.6 Å². The number of nitrogens with one attached hydrogen (secondary N) is 1. The van der Waals surface area contributed by atoms with E-state index >= 15 is 0 Å². The summed E-state index contributed by atoms with van der Waals surface area (Å²) in [6, 6.07) is 25.1. The van der Waals surface area contributed by atoms with E-state index in [0.717, 1.165) is 5.56 Å². The molecule has 0 saturated carbocycles. The highest BCUT2D eigenvalue weighted by Crippen LogP contribution is 2.19. The molecule has 0 amide bonds. The summed E-state index contributed by atoms with van der Waals surface area (Å²) in [4.78, 5) is 0.137. The molecule has 0 aromatic heterocycles. The van der Waals surface area contributed by atoms with Crippen molar-refractivity contribution in [3.8, 4) is 0 Å². The van der Waals surface area contributed by atoms with E-state index in [2.05, 4.69) is 0 Å². The Bertz CT molecular complexity index is 796. The zero-order valence-corrected chi connectivity index (χ0v) is 14.0. The fourth-order valence-corrected chi connectivity index (χ4v) is 3.28. The van der Waals surface area contributed by atoms with Crippen molar-refractivity contribution in [2.45, 2.75) is 11.8 Å². The van der Waals surface area contributed by atoms with Gasteiger partial charge in [0.2, 0.25) is 4.90 Å². The predicted molar refractivity (Wildman–Crippen MR) is 92.4 cm³/mol. The molecule has 1 N–H and O–H groups in total. The van der Waals surface area contributed by atoms with Crippen LogP contribution in [0.3, 0.4) is 0 Å². The molecule has 0 aliphatic rings. The minimum atomic E-state index is -3.91. The van der Waals surface area contributed by atoms with Crippen LogP contribution in [-0.2, 0) is 23.5 Å². The standard InChI is InChI=1S/C19H17NO3S/c1-16-12-14-19(15-13-16)24(21,22)23-20(17-8-4-2-5-9-17)18-10-6-3-7-11-18/h2-15H,1H3/q+1/p+1. The van der Waals surface area contributed by atoms with E-state index in [1.54, 1.807) is 24.3 Å². The highest BCUT2D eigenvalue weighted by atomic mass is 32.3. The molecule has 0 heterocycles. The Balaban J connectivity index is 1.98. The first-order valence-corrected chi connectivity index (χ1v) is 8.96. The maximum atomic E-state index is 12.7. The van der Waals surface area contributed by atoms with Gasteiger partial charge in [-0.25, -0.2) is 0 Å². The van der Waals surface area contributed by atoms with Gasteiger partial charge in [-0.05, 0) is 11.1 Å². The SMILES string of the molecule is Cc1ccc([S+]([O])(=O)O[NH+](c2ccccc2)c2ccccc2)cc1. The van der Waals surface area contributed by atoms with Crippen LogP contribution in [0.25, 0.3) is 0 Å². The molecule has 1 radical (unpaired) electrons. The van der Waals surface area contributed by atoms with E-state index < -0.39 is 10.5 Å². The van der Waals surface area contributed by atoms with Gasteiger partial charge in [-0.3, -0.25) is 0 Å². The topological polar surface area (TPSA) is 50.6 Å². The molecule has 121 valence electrons. The van der Waals surface area contributed by atoms with E-state index in [0.29, 0.717) is 16.4 Å². The molecule has 0 saturated heterocycles. The lowest BCUT2D eigenvalue weighted by Crippen LogP contribution is -3.01. The average Bonchev–Trinajstić information content (AvgIpc) is 2.62. The van der Waals surface area contributed by atoms with Gasteiger partial charge in [0.05, 0.1) is 8.84 Å². The number of hydrogen-bond donors (Lipinski definition) is 1. The molecule has 5 heteroatoms. The maximum Gasteiger partial charge on any atom is 0.483 e. The van der Waals surface area contributed by atoms with Gasteiger partial charge >= 0.3 is 10.5 Å². The number of hydrogen-bond acceptors (Lipinski definition) is 2. The summed E-state index contributed by atoms with van der Waals surface area (Å²) >= 11 is 0. The van der Waals surface area contributed by atoms with Crippen molar-refractivity contribution < 1.29 is 18.1 Å². The van der Waals surface area contributed by atoms with Gasteiger partial charge in [-0.15, -0.1) is 0 Å². The van der Waals surface area contributed by atoms with Gasteiger partial charge < -0.3 is 0 Å². The third-order valence-corrected chi connectivity index (χ3v) is 4.81. The lowest BCUT2D eigenvalue weighted by molar-refractivity contribution is -0.952. The lowest BCUT2D eigenvalue weighted by Gasteiger charge is -2.12. The second kappa shape index (κ2) is 7.07. The first-order valence-electron chi connectivity index (χ1n) is 7.55. The Morgan fingerprint density at radius 3 is 1.67 bits per heavy atom. The number of para-hydroxylation sites is 2. The van der Waals surface area contributed by atoms with Crippen molar-refractivity contribution in [1.82, 2.24) is 0 Å². The monoisotopic (exact) mass is 340 g/mol. The molecule has 0 aliphatic heterocycles. The number of rotatable bonds is 5. The molecule has 0 aliphatic carbocycles. The van der Waals surface area contributed by atoms with Crippen molar-refractivity contribution in [1.29, 1.82) is 0 Å². The molecule has 3 aromatic carbocycles. The second-order valence-electron chi connectivity index (χ2n) is 5.41. The highest BCUT2D eigenvalue weighted by Gasteiger charge is 2.43. The molecule has 1 unspecified atom stereocenters. The van der Waals surface area contributed by atoms with Crippen molar-refractivity contribution in [3.63, 3.8) is 0 Å². The van der Waals surface area contributed by atoms with Crippen molar-refractivity contribution in [2.75, 3.05) is 0 Å². The third-order valence-electron chi connectivity index (χ3n) is 3.57. The molecule has 3 rings (SSSR count). The number of benzene rings is 3. The summed E-state index contributed by atoms with van der Waals surface area (Å²) in [5, 5.41) is 0.316. The van der Waals surface area contributed by atoms with Gasteiger partial charge in [0.15, 0.2) is 11.4 Å². The Morgan fingerprint density at radius 2 is 1.21 bits per heavy atom. The Labute approximate surface area is 142 Å². The van der Waals surface area contributed by atoms with Crippen LogP contribution in [0.4, 0.5) is 11.4 Å². The number of quaternary nitrogens is 1. The van der Waals surface area contributed by atoms with Crippen LogP contribution in [-0.4, -0.2) is 0 Å². The summed E-state index contributed by atoms with van der Waals surface area (Å²) in [5.41, 5.74) is 2.41. The zero-order valence-electron chi connectivity index (χ0n) is 13.2. The molecular weight excluding hydrogens is 322 g/mol. The lowest BCUT2D eigenvalue weighted by atomic mass is 10.2. The van der Waals surface area contributed by atoms with Gasteiger partial charge in [0.1, 0.15) is 0 Å². The molecule has 0 bridgehead atoms. The van der Waals surface area contributed by atoms with Crippen LogP contribution < -0.4 is 5.06 Å². The molecule has 24 heavy (non-hydrogen) atoms. The van der Waals surface area contributed by atoms with Crippen molar-refractivity contribution in [3.05, 3.63) is 90.5 Å². The maximum absolute atomic E-state index is 12.7. The Hall–Kier alpha value is -2.31. The second-order valence-corrected chi connectivity index (χ2v) is 6.96. The molecular formula is C19H18NO3S+2. The van der Waals surface area contributed by atoms with Gasteiger partial charge in [0.25, 0.3) is 0 Å². The van der Waals surface area contributed by atoms with E-state index in [9.17, 15) is 8.76 Å². The van der Waals surface area contributed by atoms with Crippen LogP contribution >= 0.6 is 0 Å². The number of aryl methyl sites for hydroxylation is 1. The van der Waals surface area contributed by atoms with Crippen molar-refractivity contribution >= 4 is 21.9 Å². The Morgan fingerprint density at radius 1 is 0.750 bits per heavy atom. The molecule has 1 atom stereocenters. The van der Waals surface area contributed by atoms with Crippen LogP contribution in [0, 0.1) is 6.92 Å². The first kappa shape index (κ1) is 16.5. The predicted octanol–water partition coefficient (Wildman–Crippen LogP) is 3.59. The van der Waals surface area contributed by atoms with Gasteiger partial charge in [-0.1, -0.05) is 59.2 Å². The normalized spacial score (nSPS) is 13.6. The van der Waals surface area contributed by atoms with Crippen LogP contribution in [0.5, 0.6) is 0 Å². The fourth-order valence-electron chi connectivity index (χ4n) is 2.30. The van der Waals surface area contributed by atoms with Crippen LogP contribution in [0.1, 0.15) is 5.56 Å². The summed E-state index contributed by atoms with van der Waals surface area (Å²) in [7, 11) is -3.91. The Kier molecular flexibility index (Phi) is 4.87. The third kappa shape index (κ3) is 3.77. The summed E-state index contributed by atoms with van der Waals surface area (Å²) in [6.45, 7) is 1.91. The molecule has 4 nitrogen and oxygen atoms in total. The molecule has 0 spiro atoms. The summed E-state index contributed by atoms with van der Waals surface area (Å²) in [6.07, 6.45) is 0. The minimum absolute atomic E-state index is 0.137. The van der Waals surface area contributed by atoms with Gasteiger partial charge in [0, 0.05) is 36.4 Å². The van der Waals surface area contributed by atoms with Crippen LogP contribution in [0.2, 0.25) is 0 Å². The highest BCUT2D eigenvalue weighted by molar-refractivity contribution is 7.92. The minimum Gasteiger partial charge on any atom is -0.0729 e. The molecule has 3 aromatic rings. The van der Waals surface area contributed by atoms with E-state index in [4.69, 9.17) is 4.28 Å². The van der Waals surface area contributed by atoms with Crippen molar-refractivity contribution in [2.24, 2.45) is 0 Å². The van der Waals surface area contributed by atoms with E-state index in [-0.39, 0.29) is 4.90 Å². The smallest absolute Gasteiger partial charge is 0.0729 e. The first-order chi connectivity index (χ1) is 11.6. The molecule has 0 fully saturated rings. The van der Waals surface area contributed by atoms with Crippen LogP contribution in [0.15, 0.2) is 89.8 Å². The average molecular weight is 340 g/mol. The quantitative estimate of drug-likeness (QED) is 0.570. The van der Waals surface area contributed by atoms with E-state index in [1.165, 1.54) is 0 Å². The largest absolute Gasteiger partial charge is 0.483 e. The fraction of sp³-hybridized carbons (Fsp3) is 0.0526. The van der Waals surface area contributed by atoms with Gasteiger partial charge in [-0.2, -0.15) is 0 Å². The zero-order chi connectivity index (χ0) is 17.0. The summed E-state index contributed by atoms with van der Waals surface area (Å²) < 4.78 is 30.8.